The van der Waals surface area contributed by atoms with Crippen LogP contribution in [0.4, 0.5) is 0 Å². The van der Waals surface area contributed by atoms with Crippen LogP contribution in [0.25, 0.3) is 10.8 Å². The zero-order valence-electron chi connectivity index (χ0n) is 14.4. The number of nitrogens with one attached hydrogen (secondary N) is 2. The molecule has 0 aliphatic carbocycles. The Hall–Kier alpha value is -2.07. The first-order valence-electron chi connectivity index (χ1n) is 7.99. The number of benzene rings is 2. The highest BCUT2D eigenvalue weighted by Crippen LogP contribution is 2.25. The van der Waals surface area contributed by atoms with E-state index in [1.54, 1.807) is 7.11 Å². The largest absolute Gasteiger partial charge is 0.497 e. The van der Waals surface area contributed by atoms with Crippen molar-refractivity contribution >= 4 is 39.2 Å². The minimum absolute atomic E-state index is 0.149. The van der Waals surface area contributed by atoms with Crippen LogP contribution in [-0.4, -0.2) is 55.2 Å². The summed E-state index contributed by atoms with van der Waals surface area (Å²) in [5, 5.41) is 4.74. The Morgan fingerprint density at radius 2 is 1.88 bits per heavy atom. The summed E-state index contributed by atoms with van der Waals surface area (Å²) in [6.45, 7) is 2.46. The van der Waals surface area contributed by atoms with E-state index < -0.39 is 0 Å². The Morgan fingerprint density at radius 1 is 1.16 bits per heavy atom. The maximum atomic E-state index is 12.2. The van der Waals surface area contributed by atoms with Crippen molar-refractivity contribution < 1.29 is 19.1 Å². The molecule has 2 rings (SSSR count). The van der Waals surface area contributed by atoms with Gasteiger partial charge in [-0.1, -0.05) is 24.3 Å². The standard InChI is InChI=1S/C18H21N2O4.Al/c1-12(18(22)24-8-7-20-17(21)11-19)13-3-4-15-10-16(23-2)6-5-14(15)9-13;/h3-6,9-10,12,19H,7-8,11H2,1-2H3,(H,20,21);/q-1;+1/t12-;/m0./s1. The average Bonchev–Trinajstić information content (AvgIpc) is 2.63. The van der Waals surface area contributed by atoms with E-state index in [1.165, 1.54) is 0 Å². The van der Waals surface area contributed by atoms with Crippen LogP contribution < -0.4 is 14.4 Å². The fourth-order valence-corrected chi connectivity index (χ4v) is 2.58. The number of fused-ring (bicyclic) bond motifs is 1. The number of amides is 1. The lowest BCUT2D eigenvalue weighted by atomic mass is 9.98. The van der Waals surface area contributed by atoms with Gasteiger partial charge in [0, 0.05) is 0 Å². The van der Waals surface area contributed by atoms with Gasteiger partial charge in [-0.3, -0.25) is 9.59 Å². The quantitative estimate of drug-likeness (QED) is 0.423. The molecule has 0 unspecified atom stereocenters. The molecule has 0 saturated heterocycles. The van der Waals surface area contributed by atoms with E-state index >= 15 is 0 Å². The van der Waals surface area contributed by atoms with Gasteiger partial charge >= 0.3 is 5.97 Å². The molecule has 130 valence electrons. The molecule has 0 fully saturated rings. The monoisotopic (exact) mass is 356 g/mol. The lowest BCUT2D eigenvalue weighted by molar-refractivity contribution is -0.145. The summed E-state index contributed by atoms with van der Waals surface area (Å²) >= 11 is 2.25. The van der Waals surface area contributed by atoms with E-state index in [2.05, 4.69) is 26.1 Å². The lowest BCUT2D eigenvalue weighted by Gasteiger charge is -2.13. The molecule has 0 spiro atoms. The number of ether oxygens (including phenoxy) is 2. The van der Waals surface area contributed by atoms with Gasteiger partial charge in [0.05, 0.1) is 26.1 Å². The molecular weight excluding hydrogens is 335 g/mol. The summed E-state index contributed by atoms with van der Waals surface area (Å²) in [5.41, 5.74) is 0.888. The SMILES string of the molecule is COc1ccc2cc([C@H](C)C(=O)OCCNC(=O)C[NH][Al])ccc2c1. The smallest absolute Gasteiger partial charge is 0.313 e. The molecule has 25 heavy (non-hydrogen) atoms. The zero-order valence-corrected chi connectivity index (χ0v) is 15.5. The van der Waals surface area contributed by atoms with Crippen LogP contribution in [-0.2, 0) is 14.3 Å². The Bertz CT molecular complexity index is 751. The molecule has 6 nitrogen and oxygen atoms in total. The molecule has 2 aromatic carbocycles. The molecule has 7 heteroatoms. The maximum Gasteiger partial charge on any atom is 0.313 e. The lowest BCUT2D eigenvalue weighted by Crippen LogP contribution is -2.35. The van der Waals surface area contributed by atoms with E-state index in [-0.39, 0.29) is 30.9 Å². The van der Waals surface area contributed by atoms with E-state index in [0.717, 1.165) is 22.1 Å². The zero-order chi connectivity index (χ0) is 18.2. The molecule has 2 radical (unpaired) electrons. The predicted molar refractivity (Wildman–Crippen MR) is 96.6 cm³/mol. The number of rotatable bonds is 8. The van der Waals surface area contributed by atoms with Gasteiger partial charge in [0.1, 0.15) is 12.4 Å². The van der Waals surface area contributed by atoms with Gasteiger partial charge in [-0.25, -0.2) is 0 Å². The Balaban J connectivity index is 1.92. The van der Waals surface area contributed by atoms with Crippen LogP contribution in [0.15, 0.2) is 36.4 Å². The third kappa shape index (κ3) is 5.46. The van der Waals surface area contributed by atoms with Crippen molar-refractivity contribution in [3.8, 4) is 5.75 Å². The van der Waals surface area contributed by atoms with Crippen LogP contribution in [0.2, 0.25) is 0 Å². The first-order valence-corrected chi connectivity index (χ1v) is 8.57. The van der Waals surface area contributed by atoms with Gasteiger partial charge in [0.15, 0.2) is 0 Å². The van der Waals surface area contributed by atoms with Gasteiger partial charge in [-0.2, -0.15) is 0 Å². The third-order valence-corrected chi connectivity index (χ3v) is 4.06. The minimum atomic E-state index is -0.379. The van der Waals surface area contributed by atoms with Crippen LogP contribution >= 0.6 is 0 Å². The van der Waals surface area contributed by atoms with Crippen molar-refractivity contribution in [1.29, 1.82) is 0 Å². The van der Waals surface area contributed by atoms with E-state index in [4.69, 9.17) is 9.47 Å². The second-order valence-corrected chi connectivity index (χ2v) is 6.00. The van der Waals surface area contributed by atoms with Crippen LogP contribution in [0, 0.1) is 0 Å². The van der Waals surface area contributed by atoms with Gasteiger partial charge in [-0.15, -0.1) is 0 Å². The van der Waals surface area contributed by atoms with E-state index in [1.807, 2.05) is 43.3 Å². The Morgan fingerprint density at radius 3 is 2.60 bits per heavy atom. The van der Waals surface area contributed by atoms with Crippen molar-refractivity contribution in [2.75, 3.05) is 26.8 Å². The van der Waals surface area contributed by atoms with E-state index in [9.17, 15) is 9.59 Å². The summed E-state index contributed by atoms with van der Waals surface area (Å²) in [5.74, 6) is -0.0436. The van der Waals surface area contributed by atoms with Crippen molar-refractivity contribution in [3.63, 3.8) is 0 Å². The fraction of sp³-hybridized carbons (Fsp3) is 0.333. The summed E-state index contributed by atoms with van der Waals surface area (Å²) in [4.78, 5) is 23.5. The topological polar surface area (TPSA) is 76.7 Å². The molecule has 2 N–H and O–H groups in total. The number of carbonyl (C=O) groups is 2. The number of hydrogen-bond acceptors (Lipinski definition) is 5. The molecule has 0 bridgehead atoms. The molecule has 0 saturated carbocycles. The first kappa shape index (κ1) is 19.3. The van der Waals surface area contributed by atoms with Gasteiger partial charge in [0.2, 0.25) is 5.91 Å². The Kier molecular flexibility index (Phi) is 7.26. The average molecular weight is 356 g/mol. The summed E-state index contributed by atoms with van der Waals surface area (Å²) in [6.07, 6.45) is 0. The molecule has 0 aliphatic heterocycles. The van der Waals surface area contributed by atoms with Crippen LogP contribution in [0.1, 0.15) is 18.4 Å². The van der Waals surface area contributed by atoms with Gasteiger partial charge in [-0.05, 0) is 35.4 Å². The number of methoxy groups -OCH3 is 1. The van der Waals surface area contributed by atoms with Crippen molar-refractivity contribution in [1.82, 2.24) is 9.62 Å². The normalized spacial score (nSPS) is 11.8. The third-order valence-electron chi connectivity index (χ3n) is 3.86. The van der Waals surface area contributed by atoms with Crippen molar-refractivity contribution in [3.05, 3.63) is 42.0 Å². The number of esters is 1. The van der Waals surface area contributed by atoms with Crippen LogP contribution in [0.5, 0.6) is 5.75 Å². The van der Waals surface area contributed by atoms with Gasteiger partial charge < -0.3 is 19.1 Å². The van der Waals surface area contributed by atoms with Crippen LogP contribution in [0.3, 0.4) is 0 Å². The summed E-state index contributed by atoms with van der Waals surface area (Å²) in [7, 11) is 1.63. The maximum absolute atomic E-state index is 12.2. The van der Waals surface area contributed by atoms with Crippen molar-refractivity contribution in [2.45, 2.75) is 12.8 Å². The number of hydrogen-bond donors (Lipinski definition) is 2. The summed E-state index contributed by atoms with van der Waals surface area (Å²) < 4.78 is 13.1. The van der Waals surface area contributed by atoms with Crippen molar-refractivity contribution in [2.24, 2.45) is 0 Å². The first-order chi connectivity index (χ1) is 12.0. The molecule has 0 aromatic heterocycles. The fourth-order valence-electron chi connectivity index (χ4n) is 2.40. The minimum Gasteiger partial charge on any atom is -0.497 e. The Labute approximate surface area is 155 Å². The molecule has 1 amide bonds. The van der Waals surface area contributed by atoms with E-state index in [0.29, 0.717) is 6.54 Å². The second-order valence-electron chi connectivity index (χ2n) is 5.59. The molecule has 2 aromatic rings. The summed E-state index contributed by atoms with van der Waals surface area (Å²) in [6, 6.07) is 11.7. The molecular formula is C18H21AlN2O4. The van der Waals surface area contributed by atoms with Gasteiger partial charge in [0.25, 0.3) is 16.5 Å². The highest BCUT2D eigenvalue weighted by Gasteiger charge is 2.17. The predicted octanol–water partition coefficient (Wildman–Crippen LogP) is 1.28. The highest BCUT2D eigenvalue weighted by molar-refractivity contribution is 6.06. The second kappa shape index (κ2) is 9.42. The molecule has 0 heterocycles. The molecule has 0 aliphatic rings. The number of carbonyl (C=O) groups excluding carboxylic acids is 2. The molecule has 1 atom stereocenters. The highest BCUT2D eigenvalue weighted by atomic mass is 27.1.